The average molecular weight is 429 g/mol. The largest absolute Gasteiger partial charge is 0.497 e. The Morgan fingerprint density at radius 3 is 2.62 bits per heavy atom. The van der Waals surface area contributed by atoms with E-state index in [0.717, 1.165) is 47.6 Å². The summed E-state index contributed by atoms with van der Waals surface area (Å²) in [6.45, 7) is 2.99. The van der Waals surface area contributed by atoms with E-state index in [2.05, 4.69) is 33.9 Å². The van der Waals surface area contributed by atoms with Gasteiger partial charge in [0, 0.05) is 18.8 Å². The van der Waals surface area contributed by atoms with E-state index in [-0.39, 0.29) is 11.9 Å². The minimum Gasteiger partial charge on any atom is -0.497 e. The number of carbonyl (C=O) groups excluding carboxylic acids is 1. The topological polar surface area (TPSA) is 69.0 Å². The van der Waals surface area contributed by atoms with E-state index in [1.165, 1.54) is 0 Å². The van der Waals surface area contributed by atoms with Crippen molar-refractivity contribution in [1.29, 1.82) is 0 Å². The number of amides is 1. The molecule has 0 saturated carbocycles. The number of aryl methyl sites for hydroxylation is 1. The van der Waals surface area contributed by atoms with E-state index in [1.54, 1.807) is 25.4 Å². The summed E-state index contributed by atoms with van der Waals surface area (Å²) in [5.74, 6) is 1.42. The number of hydrogen-bond donors (Lipinski definition) is 1. The maximum Gasteiger partial charge on any atom is 0.270 e. The van der Waals surface area contributed by atoms with E-state index in [0.29, 0.717) is 12.1 Å². The van der Waals surface area contributed by atoms with Crippen molar-refractivity contribution in [2.75, 3.05) is 7.11 Å². The molecule has 32 heavy (non-hydrogen) atoms. The van der Waals surface area contributed by atoms with Crippen LogP contribution in [0.5, 0.6) is 5.75 Å². The first kappa shape index (κ1) is 21.6. The fourth-order valence-electron chi connectivity index (χ4n) is 3.85. The third-order valence-electron chi connectivity index (χ3n) is 5.52. The molecule has 0 saturated heterocycles. The first-order chi connectivity index (χ1) is 15.7. The van der Waals surface area contributed by atoms with E-state index in [4.69, 9.17) is 9.72 Å². The van der Waals surface area contributed by atoms with Gasteiger partial charge in [0.05, 0.1) is 24.2 Å². The predicted molar refractivity (Wildman–Crippen MR) is 126 cm³/mol. The summed E-state index contributed by atoms with van der Waals surface area (Å²) in [5, 5.41) is 3.19. The molecule has 1 atom stereocenters. The maximum atomic E-state index is 13.0. The number of rotatable bonds is 9. The molecule has 2 heterocycles. The van der Waals surface area contributed by atoms with Gasteiger partial charge in [0.2, 0.25) is 0 Å². The third kappa shape index (κ3) is 4.80. The Balaban J connectivity index is 1.77. The van der Waals surface area contributed by atoms with Gasteiger partial charge in [-0.3, -0.25) is 9.78 Å². The lowest BCUT2D eigenvalue weighted by atomic mass is 10.0. The number of nitrogens with zero attached hydrogens (tertiary/aromatic N) is 3. The normalized spacial score (nSPS) is 11.9. The van der Waals surface area contributed by atoms with Crippen molar-refractivity contribution in [1.82, 2.24) is 19.9 Å². The number of unbranched alkanes of at least 4 members (excludes halogenated alkanes) is 1. The molecule has 6 heteroatoms. The maximum absolute atomic E-state index is 13.0. The number of carbonyl (C=O) groups is 1. The van der Waals surface area contributed by atoms with Crippen LogP contribution in [0.2, 0.25) is 0 Å². The Bertz CT molecular complexity index is 1170. The zero-order valence-electron chi connectivity index (χ0n) is 18.5. The summed E-state index contributed by atoms with van der Waals surface area (Å²) in [4.78, 5) is 22.2. The van der Waals surface area contributed by atoms with Crippen molar-refractivity contribution in [3.63, 3.8) is 0 Å². The Hall–Kier alpha value is -3.67. The van der Waals surface area contributed by atoms with Gasteiger partial charge in [-0.1, -0.05) is 49.7 Å². The summed E-state index contributed by atoms with van der Waals surface area (Å²) < 4.78 is 7.67. The van der Waals surface area contributed by atoms with Crippen molar-refractivity contribution >= 4 is 16.9 Å². The van der Waals surface area contributed by atoms with Crippen LogP contribution in [-0.4, -0.2) is 27.6 Å². The Kier molecular flexibility index (Phi) is 6.80. The molecule has 164 valence electrons. The van der Waals surface area contributed by atoms with Gasteiger partial charge in [0.15, 0.2) is 0 Å². The Morgan fingerprint density at radius 1 is 1.09 bits per heavy atom. The minimum absolute atomic E-state index is 0.210. The molecule has 0 aliphatic carbocycles. The molecule has 0 fully saturated rings. The lowest BCUT2D eigenvalue weighted by Crippen LogP contribution is -2.32. The van der Waals surface area contributed by atoms with Gasteiger partial charge in [-0.05, 0) is 42.7 Å². The number of methoxy groups -OCH3 is 1. The number of pyridine rings is 1. The summed E-state index contributed by atoms with van der Waals surface area (Å²) >= 11 is 0. The molecule has 2 aromatic carbocycles. The highest BCUT2D eigenvalue weighted by molar-refractivity contribution is 5.92. The van der Waals surface area contributed by atoms with Crippen LogP contribution in [0.3, 0.4) is 0 Å². The number of benzene rings is 2. The van der Waals surface area contributed by atoms with Gasteiger partial charge in [0.25, 0.3) is 5.91 Å². The zero-order chi connectivity index (χ0) is 22.3. The molecule has 2 aromatic heterocycles. The first-order valence-electron chi connectivity index (χ1n) is 11.0. The molecule has 4 aromatic rings. The van der Waals surface area contributed by atoms with Gasteiger partial charge in [-0.15, -0.1) is 0 Å². The fraction of sp³-hybridized carbons (Fsp3) is 0.269. The number of fused-ring (bicyclic) bond motifs is 1. The number of ether oxygens (including phenoxy) is 1. The third-order valence-corrected chi connectivity index (χ3v) is 5.52. The summed E-state index contributed by atoms with van der Waals surface area (Å²) in [6, 6.07) is 21.1. The van der Waals surface area contributed by atoms with E-state index in [1.807, 2.05) is 42.5 Å². The van der Waals surface area contributed by atoms with Gasteiger partial charge in [-0.2, -0.15) is 0 Å². The van der Waals surface area contributed by atoms with E-state index in [9.17, 15) is 4.79 Å². The standard InChI is InChI=1S/C26H28N4O2/c1-3-4-16-30-24-18-20(32-2)13-14-21(24)28-25(30)23(17-19-10-6-5-7-11-19)29-26(31)22-12-8-9-15-27-22/h5-15,18,23H,3-4,16-17H2,1-2H3,(H,29,31). The molecular formula is C26H28N4O2. The highest BCUT2D eigenvalue weighted by Crippen LogP contribution is 2.27. The molecule has 0 aliphatic heterocycles. The highest BCUT2D eigenvalue weighted by atomic mass is 16.5. The van der Waals surface area contributed by atoms with Crippen molar-refractivity contribution in [2.45, 2.75) is 38.8 Å². The SMILES string of the molecule is CCCCn1c(C(Cc2ccccc2)NC(=O)c2ccccn2)nc2ccc(OC)cc21. The quantitative estimate of drug-likeness (QED) is 0.409. The fourth-order valence-corrected chi connectivity index (χ4v) is 3.85. The lowest BCUT2D eigenvalue weighted by Gasteiger charge is -2.20. The van der Waals surface area contributed by atoms with Crippen LogP contribution in [0.4, 0.5) is 0 Å². The van der Waals surface area contributed by atoms with Gasteiger partial charge < -0.3 is 14.6 Å². The number of imidazole rings is 1. The smallest absolute Gasteiger partial charge is 0.270 e. The summed E-state index contributed by atoms with van der Waals surface area (Å²) in [7, 11) is 1.67. The zero-order valence-corrected chi connectivity index (χ0v) is 18.5. The van der Waals surface area contributed by atoms with Crippen molar-refractivity contribution in [3.05, 3.63) is 90.0 Å². The van der Waals surface area contributed by atoms with Crippen LogP contribution in [0.15, 0.2) is 72.9 Å². The van der Waals surface area contributed by atoms with Crippen LogP contribution in [0.1, 0.15) is 47.7 Å². The molecule has 1 N–H and O–H groups in total. The molecule has 1 amide bonds. The molecule has 0 radical (unpaired) electrons. The second kappa shape index (κ2) is 10.1. The summed E-state index contributed by atoms with van der Waals surface area (Å²) in [5.41, 5.74) is 3.42. The second-order valence-corrected chi connectivity index (χ2v) is 7.76. The summed E-state index contributed by atoms with van der Waals surface area (Å²) in [6.07, 6.45) is 4.34. The molecular weight excluding hydrogens is 400 g/mol. The number of nitrogens with one attached hydrogen (secondary N) is 1. The van der Waals surface area contributed by atoms with Gasteiger partial charge in [0.1, 0.15) is 17.3 Å². The van der Waals surface area contributed by atoms with Crippen LogP contribution in [0.25, 0.3) is 11.0 Å². The lowest BCUT2D eigenvalue weighted by molar-refractivity contribution is 0.0929. The Labute approximate surface area is 188 Å². The highest BCUT2D eigenvalue weighted by Gasteiger charge is 2.24. The molecule has 1 unspecified atom stereocenters. The number of hydrogen-bond acceptors (Lipinski definition) is 4. The predicted octanol–water partition coefficient (Wildman–Crippen LogP) is 4.95. The number of aromatic nitrogens is 3. The minimum atomic E-state index is -0.304. The molecule has 6 nitrogen and oxygen atoms in total. The van der Waals surface area contributed by atoms with E-state index < -0.39 is 0 Å². The van der Waals surface area contributed by atoms with E-state index >= 15 is 0 Å². The first-order valence-corrected chi connectivity index (χ1v) is 11.0. The van der Waals surface area contributed by atoms with Gasteiger partial charge in [-0.25, -0.2) is 4.98 Å². The van der Waals surface area contributed by atoms with Crippen molar-refractivity contribution < 1.29 is 9.53 Å². The monoisotopic (exact) mass is 428 g/mol. The molecule has 4 rings (SSSR count). The van der Waals surface area contributed by atoms with Crippen LogP contribution in [-0.2, 0) is 13.0 Å². The molecule has 0 aliphatic rings. The van der Waals surface area contributed by atoms with Crippen LogP contribution < -0.4 is 10.1 Å². The molecule has 0 bridgehead atoms. The molecule has 0 spiro atoms. The van der Waals surface area contributed by atoms with Crippen molar-refractivity contribution in [2.24, 2.45) is 0 Å². The van der Waals surface area contributed by atoms with Crippen LogP contribution in [0, 0.1) is 0 Å². The van der Waals surface area contributed by atoms with Crippen LogP contribution >= 0.6 is 0 Å². The van der Waals surface area contributed by atoms with Gasteiger partial charge >= 0.3 is 0 Å². The average Bonchev–Trinajstić information content (AvgIpc) is 3.21. The van der Waals surface area contributed by atoms with Crippen molar-refractivity contribution in [3.8, 4) is 5.75 Å². The Morgan fingerprint density at radius 2 is 1.91 bits per heavy atom. The second-order valence-electron chi connectivity index (χ2n) is 7.76.